The second-order valence-electron chi connectivity index (χ2n) is 4.21. The number of rotatable bonds is 4. The summed E-state index contributed by atoms with van der Waals surface area (Å²) in [5.74, 6) is -1.36. The molecule has 0 spiro atoms. The third-order valence-corrected chi connectivity index (χ3v) is 2.37. The molecule has 3 nitrogen and oxygen atoms in total. The minimum Gasteiger partial charge on any atom is -0.478 e. The van der Waals surface area contributed by atoms with E-state index in [1.165, 1.54) is 6.07 Å². The lowest BCUT2D eigenvalue weighted by molar-refractivity contribution is -0.137. The summed E-state index contributed by atoms with van der Waals surface area (Å²) in [7, 11) is 0. The largest absolute Gasteiger partial charge is 0.478 e. The first-order valence-corrected chi connectivity index (χ1v) is 5.38. The lowest BCUT2D eigenvalue weighted by Gasteiger charge is -2.13. The Hall–Kier alpha value is -1.56. The highest BCUT2D eigenvalue weighted by atomic mass is 19.4. The first-order valence-electron chi connectivity index (χ1n) is 5.38. The predicted molar refractivity (Wildman–Crippen MR) is 60.4 cm³/mol. The van der Waals surface area contributed by atoms with Gasteiger partial charge in [0.2, 0.25) is 0 Å². The molecule has 1 aromatic rings. The molecule has 0 radical (unpaired) electrons. The lowest BCUT2D eigenvalue weighted by atomic mass is 10.0. The van der Waals surface area contributed by atoms with Crippen molar-refractivity contribution in [1.29, 1.82) is 0 Å². The van der Waals surface area contributed by atoms with E-state index in [0.717, 1.165) is 6.07 Å². The first kappa shape index (κ1) is 14.5. The summed E-state index contributed by atoms with van der Waals surface area (Å²) in [6, 6.07) is 2.87. The Kier molecular flexibility index (Phi) is 4.34. The van der Waals surface area contributed by atoms with Crippen LogP contribution in [0.5, 0.6) is 0 Å². The molecule has 100 valence electrons. The van der Waals surface area contributed by atoms with E-state index in [1.807, 2.05) is 13.8 Å². The molecule has 1 rings (SSSR count). The van der Waals surface area contributed by atoms with Crippen molar-refractivity contribution in [2.45, 2.75) is 32.6 Å². The fourth-order valence-electron chi connectivity index (χ4n) is 1.42. The molecule has 0 aliphatic rings. The predicted octanol–water partition coefficient (Wildman–Crippen LogP) is 2.90. The van der Waals surface area contributed by atoms with Crippen LogP contribution in [0.2, 0.25) is 0 Å². The van der Waals surface area contributed by atoms with E-state index < -0.39 is 17.7 Å². The van der Waals surface area contributed by atoms with Gasteiger partial charge in [-0.2, -0.15) is 13.2 Å². The lowest BCUT2D eigenvalue weighted by Crippen LogP contribution is -2.23. The fraction of sp³-hybridized carbons (Fsp3) is 0.417. The Morgan fingerprint density at radius 3 is 2.44 bits per heavy atom. The van der Waals surface area contributed by atoms with Crippen LogP contribution in [0, 0.1) is 0 Å². The summed E-state index contributed by atoms with van der Waals surface area (Å²) in [5, 5.41) is 11.9. The third kappa shape index (κ3) is 3.73. The van der Waals surface area contributed by atoms with Crippen molar-refractivity contribution in [1.82, 2.24) is 5.32 Å². The van der Waals surface area contributed by atoms with E-state index >= 15 is 0 Å². The highest BCUT2D eigenvalue weighted by Crippen LogP contribution is 2.30. The number of hydrogen-bond acceptors (Lipinski definition) is 2. The van der Waals surface area contributed by atoms with Crippen molar-refractivity contribution >= 4 is 5.97 Å². The maximum absolute atomic E-state index is 12.5. The smallest absolute Gasteiger partial charge is 0.416 e. The Balaban J connectivity index is 3.09. The van der Waals surface area contributed by atoms with Gasteiger partial charge in [0.25, 0.3) is 0 Å². The number of benzene rings is 1. The van der Waals surface area contributed by atoms with Gasteiger partial charge in [0.1, 0.15) is 0 Å². The normalized spacial score (nSPS) is 11.9. The molecule has 0 saturated heterocycles. The molecule has 0 amide bonds. The average Bonchev–Trinajstić information content (AvgIpc) is 2.24. The zero-order valence-electron chi connectivity index (χ0n) is 10.0. The second kappa shape index (κ2) is 5.39. The van der Waals surface area contributed by atoms with Crippen LogP contribution in [-0.4, -0.2) is 17.1 Å². The molecule has 0 atom stereocenters. The monoisotopic (exact) mass is 261 g/mol. The van der Waals surface area contributed by atoms with E-state index in [2.05, 4.69) is 5.32 Å². The van der Waals surface area contributed by atoms with E-state index in [-0.39, 0.29) is 18.2 Å². The molecule has 2 N–H and O–H groups in total. The van der Waals surface area contributed by atoms with E-state index in [9.17, 15) is 18.0 Å². The zero-order chi connectivity index (χ0) is 13.9. The SMILES string of the molecule is CC(C)NCc1ccc(C(F)(F)F)cc1C(=O)O. The van der Waals surface area contributed by atoms with Gasteiger partial charge in [0.05, 0.1) is 11.1 Å². The summed E-state index contributed by atoms with van der Waals surface area (Å²) >= 11 is 0. The zero-order valence-corrected chi connectivity index (χ0v) is 10.0. The van der Waals surface area contributed by atoms with Gasteiger partial charge in [-0.1, -0.05) is 19.9 Å². The molecule has 0 aliphatic carbocycles. The van der Waals surface area contributed by atoms with Gasteiger partial charge in [0, 0.05) is 12.6 Å². The fourth-order valence-corrected chi connectivity index (χ4v) is 1.42. The molecule has 0 unspecified atom stereocenters. The van der Waals surface area contributed by atoms with Gasteiger partial charge < -0.3 is 10.4 Å². The number of hydrogen-bond donors (Lipinski definition) is 2. The average molecular weight is 261 g/mol. The number of carboxylic acids is 1. The number of carbonyl (C=O) groups is 1. The van der Waals surface area contributed by atoms with Crippen molar-refractivity contribution in [3.05, 3.63) is 34.9 Å². The van der Waals surface area contributed by atoms with Crippen molar-refractivity contribution in [3.8, 4) is 0 Å². The summed E-state index contributed by atoms with van der Waals surface area (Å²) in [6.45, 7) is 3.95. The van der Waals surface area contributed by atoms with E-state index in [0.29, 0.717) is 11.6 Å². The van der Waals surface area contributed by atoms with Gasteiger partial charge in [0.15, 0.2) is 0 Å². The molecule has 0 aliphatic heterocycles. The highest BCUT2D eigenvalue weighted by molar-refractivity contribution is 5.89. The van der Waals surface area contributed by atoms with Gasteiger partial charge in [-0.25, -0.2) is 4.79 Å². The number of aromatic carboxylic acids is 1. The van der Waals surface area contributed by atoms with Crippen LogP contribution in [0.1, 0.15) is 35.3 Å². The van der Waals surface area contributed by atoms with Crippen LogP contribution in [-0.2, 0) is 12.7 Å². The van der Waals surface area contributed by atoms with Gasteiger partial charge in [-0.15, -0.1) is 0 Å². The maximum Gasteiger partial charge on any atom is 0.416 e. The van der Waals surface area contributed by atoms with Crippen molar-refractivity contribution in [2.75, 3.05) is 0 Å². The minimum absolute atomic E-state index is 0.119. The van der Waals surface area contributed by atoms with Crippen molar-refractivity contribution in [2.24, 2.45) is 0 Å². The van der Waals surface area contributed by atoms with Crippen molar-refractivity contribution in [3.63, 3.8) is 0 Å². The first-order chi connectivity index (χ1) is 8.21. The second-order valence-corrected chi connectivity index (χ2v) is 4.21. The molecule has 0 saturated carbocycles. The quantitative estimate of drug-likeness (QED) is 0.876. The van der Waals surface area contributed by atoms with Crippen LogP contribution in [0.15, 0.2) is 18.2 Å². The number of nitrogens with one attached hydrogen (secondary N) is 1. The molecule has 0 bridgehead atoms. The van der Waals surface area contributed by atoms with Gasteiger partial charge in [-0.05, 0) is 17.7 Å². The van der Waals surface area contributed by atoms with Crippen LogP contribution in [0.25, 0.3) is 0 Å². The van der Waals surface area contributed by atoms with Crippen molar-refractivity contribution < 1.29 is 23.1 Å². The molecule has 0 aromatic heterocycles. The van der Waals surface area contributed by atoms with Gasteiger partial charge >= 0.3 is 12.1 Å². The summed E-state index contributed by atoms with van der Waals surface area (Å²) in [4.78, 5) is 11.0. The Labute approximate surface area is 103 Å². The molecular formula is C12H14F3NO2. The van der Waals surface area contributed by atoms with E-state index in [1.54, 1.807) is 0 Å². The van der Waals surface area contributed by atoms with Crippen LogP contribution in [0.4, 0.5) is 13.2 Å². The van der Waals surface area contributed by atoms with E-state index in [4.69, 9.17) is 5.11 Å². The molecule has 1 aromatic carbocycles. The number of alkyl halides is 3. The molecule has 18 heavy (non-hydrogen) atoms. The number of carboxylic acid groups (broad SMARTS) is 1. The van der Waals surface area contributed by atoms with Crippen LogP contribution < -0.4 is 5.32 Å². The maximum atomic E-state index is 12.5. The Morgan fingerprint density at radius 2 is 2.00 bits per heavy atom. The molecule has 0 fully saturated rings. The van der Waals surface area contributed by atoms with Crippen LogP contribution >= 0.6 is 0 Å². The van der Waals surface area contributed by atoms with Crippen LogP contribution in [0.3, 0.4) is 0 Å². The Bertz CT molecular complexity index is 441. The highest BCUT2D eigenvalue weighted by Gasteiger charge is 2.31. The summed E-state index contributed by atoms with van der Waals surface area (Å²) in [6.07, 6.45) is -4.53. The molecular weight excluding hydrogens is 247 g/mol. The summed E-state index contributed by atoms with van der Waals surface area (Å²) in [5.41, 5.74) is -0.935. The molecule has 0 heterocycles. The number of halogens is 3. The Morgan fingerprint density at radius 1 is 1.39 bits per heavy atom. The summed E-state index contributed by atoms with van der Waals surface area (Å²) < 4.78 is 37.4. The minimum atomic E-state index is -4.53. The van der Waals surface area contributed by atoms with Gasteiger partial charge in [-0.3, -0.25) is 0 Å². The third-order valence-electron chi connectivity index (χ3n) is 2.37. The molecule has 6 heteroatoms. The topological polar surface area (TPSA) is 49.3 Å². The standard InChI is InChI=1S/C12H14F3NO2/c1-7(2)16-6-8-3-4-9(12(13,14)15)5-10(8)11(17)18/h3-5,7,16H,6H2,1-2H3,(H,17,18).